The minimum Gasteiger partial charge on any atom is -0.480 e. The van der Waals surface area contributed by atoms with Gasteiger partial charge in [0.1, 0.15) is 11.6 Å². The number of nitriles is 1. The average molecular weight is 407 g/mol. The standard InChI is InChI=1S/C24H30N4O2/c1-29-22-20(15-25)14-19(17-28-22)16-26-12-9-23(21-6-2-5-11-27-21)10-13-30-24(18-23)7-3-4-8-24/h2,5-6,11,14,17,26H,3-4,7-10,12-13,16,18H2,1H3. The van der Waals surface area contributed by atoms with Crippen molar-refractivity contribution in [3.8, 4) is 11.9 Å². The third-order valence-electron chi connectivity index (χ3n) is 6.70. The molecule has 4 rings (SSSR count). The van der Waals surface area contributed by atoms with E-state index in [0.29, 0.717) is 18.0 Å². The Kier molecular flexibility index (Phi) is 6.31. The highest BCUT2D eigenvalue weighted by Crippen LogP contribution is 2.49. The molecule has 1 aliphatic carbocycles. The van der Waals surface area contributed by atoms with Crippen LogP contribution in [0.25, 0.3) is 0 Å². The maximum Gasteiger partial charge on any atom is 0.231 e. The summed E-state index contributed by atoms with van der Waals surface area (Å²) < 4.78 is 11.5. The van der Waals surface area contributed by atoms with Crippen LogP contribution < -0.4 is 10.1 Å². The molecular weight excluding hydrogens is 376 g/mol. The first-order chi connectivity index (χ1) is 14.7. The van der Waals surface area contributed by atoms with Crippen LogP contribution in [-0.2, 0) is 16.7 Å². The maximum atomic E-state index is 9.27. The molecule has 1 saturated heterocycles. The Bertz CT molecular complexity index is 890. The molecule has 3 heterocycles. The molecule has 0 radical (unpaired) electrons. The van der Waals surface area contributed by atoms with E-state index in [0.717, 1.165) is 38.0 Å². The van der Waals surface area contributed by atoms with Crippen molar-refractivity contribution in [1.29, 1.82) is 5.26 Å². The average Bonchev–Trinajstić information content (AvgIpc) is 3.24. The summed E-state index contributed by atoms with van der Waals surface area (Å²) in [7, 11) is 1.53. The van der Waals surface area contributed by atoms with Crippen molar-refractivity contribution in [1.82, 2.24) is 15.3 Å². The zero-order valence-corrected chi connectivity index (χ0v) is 17.7. The predicted octanol–water partition coefficient (Wildman–Crippen LogP) is 3.90. The number of hydrogen-bond acceptors (Lipinski definition) is 6. The van der Waals surface area contributed by atoms with Crippen molar-refractivity contribution in [2.45, 2.75) is 62.5 Å². The van der Waals surface area contributed by atoms with Crippen molar-refractivity contribution in [3.63, 3.8) is 0 Å². The summed E-state index contributed by atoms with van der Waals surface area (Å²) in [5.41, 5.74) is 2.73. The Morgan fingerprint density at radius 2 is 2.10 bits per heavy atom. The lowest BCUT2D eigenvalue weighted by molar-refractivity contribution is -0.104. The van der Waals surface area contributed by atoms with Crippen LogP contribution in [0.1, 0.15) is 61.8 Å². The van der Waals surface area contributed by atoms with Gasteiger partial charge in [-0.05, 0) is 62.4 Å². The molecule has 1 saturated carbocycles. The van der Waals surface area contributed by atoms with Crippen LogP contribution in [0.3, 0.4) is 0 Å². The first-order valence-corrected chi connectivity index (χ1v) is 10.9. The van der Waals surface area contributed by atoms with E-state index in [-0.39, 0.29) is 11.0 Å². The van der Waals surface area contributed by atoms with Gasteiger partial charge in [0.25, 0.3) is 0 Å². The third-order valence-corrected chi connectivity index (χ3v) is 6.70. The first kappa shape index (κ1) is 20.8. The van der Waals surface area contributed by atoms with Crippen molar-refractivity contribution in [3.05, 3.63) is 53.5 Å². The van der Waals surface area contributed by atoms with Gasteiger partial charge in [-0.15, -0.1) is 0 Å². The highest BCUT2D eigenvalue weighted by molar-refractivity contribution is 5.39. The van der Waals surface area contributed by atoms with Gasteiger partial charge in [-0.2, -0.15) is 5.26 Å². The molecule has 1 unspecified atom stereocenters. The molecular formula is C24H30N4O2. The molecule has 1 N–H and O–H groups in total. The fraction of sp³-hybridized carbons (Fsp3) is 0.542. The van der Waals surface area contributed by atoms with Crippen LogP contribution in [-0.4, -0.2) is 35.8 Å². The van der Waals surface area contributed by atoms with Gasteiger partial charge in [0.15, 0.2) is 0 Å². The van der Waals surface area contributed by atoms with Crippen LogP contribution in [0.15, 0.2) is 36.7 Å². The molecule has 2 aromatic rings. The van der Waals surface area contributed by atoms with Crippen molar-refractivity contribution in [2.75, 3.05) is 20.3 Å². The third kappa shape index (κ3) is 4.33. The van der Waals surface area contributed by atoms with E-state index in [2.05, 4.69) is 28.5 Å². The summed E-state index contributed by atoms with van der Waals surface area (Å²) in [4.78, 5) is 9.00. The highest BCUT2D eigenvalue weighted by atomic mass is 16.5. The molecule has 1 aliphatic heterocycles. The second kappa shape index (κ2) is 9.11. The fourth-order valence-electron chi connectivity index (χ4n) is 5.19. The molecule has 0 amide bonds. The molecule has 30 heavy (non-hydrogen) atoms. The van der Waals surface area contributed by atoms with Gasteiger partial charge in [-0.25, -0.2) is 4.98 Å². The van der Waals surface area contributed by atoms with E-state index < -0.39 is 0 Å². The Morgan fingerprint density at radius 1 is 1.23 bits per heavy atom. The molecule has 2 aliphatic rings. The van der Waals surface area contributed by atoms with E-state index >= 15 is 0 Å². The van der Waals surface area contributed by atoms with E-state index in [1.54, 1.807) is 6.20 Å². The molecule has 6 nitrogen and oxygen atoms in total. The van der Waals surface area contributed by atoms with Gasteiger partial charge >= 0.3 is 0 Å². The molecule has 158 valence electrons. The number of aromatic nitrogens is 2. The van der Waals surface area contributed by atoms with E-state index in [9.17, 15) is 5.26 Å². The fourth-order valence-corrected chi connectivity index (χ4v) is 5.19. The monoisotopic (exact) mass is 406 g/mol. The SMILES string of the molecule is COc1ncc(CNCCC2(c3ccccn3)CCOC3(CCCC3)C2)cc1C#N. The Morgan fingerprint density at radius 3 is 2.83 bits per heavy atom. The van der Waals surface area contributed by atoms with Crippen molar-refractivity contribution < 1.29 is 9.47 Å². The van der Waals surface area contributed by atoms with Gasteiger partial charge < -0.3 is 14.8 Å². The largest absolute Gasteiger partial charge is 0.480 e. The number of pyridine rings is 2. The highest BCUT2D eigenvalue weighted by Gasteiger charge is 2.48. The summed E-state index contributed by atoms with van der Waals surface area (Å²) in [6, 6.07) is 10.3. The van der Waals surface area contributed by atoms with Gasteiger partial charge in [0.05, 0.1) is 12.7 Å². The van der Waals surface area contributed by atoms with Gasteiger partial charge in [-0.3, -0.25) is 4.98 Å². The number of rotatable bonds is 7. The summed E-state index contributed by atoms with van der Waals surface area (Å²) in [5, 5.41) is 12.8. The zero-order valence-electron chi connectivity index (χ0n) is 17.7. The summed E-state index contributed by atoms with van der Waals surface area (Å²) in [6.45, 7) is 2.36. The predicted molar refractivity (Wildman–Crippen MR) is 114 cm³/mol. The minimum atomic E-state index is 0.0391. The van der Waals surface area contributed by atoms with Gasteiger partial charge in [0.2, 0.25) is 5.88 Å². The topological polar surface area (TPSA) is 80.1 Å². The van der Waals surface area contributed by atoms with Gasteiger partial charge in [-0.1, -0.05) is 18.9 Å². The summed E-state index contributed by atoms with van der Waals surface area (Å²) in [5.74, 6) is 0.374. The lowest BCUT2D eigenvalue weighted by Gasteiger charge is -2.46. The van der Waals surface area contributed by atoms with E-state index in [1.807, 2.05) is 18.3 Å². The molecule has 6 heteroatoms. The van der Waals surface area contributed by atoms with E-state index in [4.69, 9.17) is 14.5 Å². The number of methoxy groups -OCH3 is 1. The number of nitrogens with zero attached hydrogens (tertiary/aromatic N) is 3. The summed E-state index contributed by atoms with van der Waals surface area (Å²) in [6.07, 6.45) is 11.6. The quantitative estimate of drug-likeness (QED) is 0.703. The van der Waals surface area contributed by atoms with Crippen LogP contribution in [0.2, 0.25) is 0 Å². The molecule has 2 aromatic heterocycles. The van der Waals surface area contributed by atoms with Crippen LogP contribution in [0, 0.1) is 11.3 Å². The lowest BCUT2D eigenvalue weighted by atomic mass is 9.68. The first-order valence-electron chi connectivity index (χ1n) is 10.9. The maximum absolute atomic E-state index is 9.27. The Balaban J connectivity index is 1.44. The van der Waals surface area contributed by atoms with Crippen molar-refractivity contribution >= 4 is 0 Å². The normalized spacial score (nSPS) is 22.7. The molecule has 0 aromatic carbocycles. The van der Waals surface area contributed by atoms with Crippen molar-refractivity contribution in [2.24, 2.45) is 0 Å². The van der Waals surface area contributed by atoms with Gasteiger partial charge in [0, 0.05) is 36.7 Å². The molecule has 1 atom stereocenters. The lowest BCUT2D eigenvalue weighted by Crippen LogP contribution is -2.47. The zero-order chi connectivity index (χ0) is 20.9. The second-order valence-corrected chi connectivity index (χ2v) is 8.60. The smallest absolute Gasteiger partial charge is 0.231 e. The number of ether oxygens (including phenoxy) is 2. The second-order valence-electron chi connectivity index (χ2n) is 8.60. The minimum absolute atomic E-state index is 0.0391. The molecule has 0 bridgehead atoms. The van der Waals surface area contributed by atoms with Crippen LogP contribution in [0.5, 0.6) is 5.88 Å². The number of nitrogens with one attached hydrogen (secondary N) is 1. The molecule has 2 fully saturated rings. The van der Waals surface area contributed by atoms with Crippen LogP contribution >= 0.6 is 0 Å². The summed E-state index contributed by atoms with van der Waals surface area (Å²) >= 11 is 0. The van der Waals surface area contributed by atoms with Crippen LogP contribution in [0.4, 0.5) is 0 Å². The number of hydrogen-bond donors (Lipinski definition) is 1. The van der Waals surface area contributed by atoms with E-state index in [1.165, 1.54) is 38.5 Å². The molecule has 1 spiro atoms. The Labute approximate surface area is 178 Å². The Hall–Kier alpha value is -2.49.